The summed E-state index contributed by atoms with van der Waals surface area (Å²) in [6.45, 7) is 2.31. The van der Waals surface area contributed by atoms with E-state index in [4.69, 9.17) is 14.6 Å². The smallest absolute Gasteiger partial charge is 0.138 e. The van der Waals surface area contributed by atoms with Crippen molar-refractivity contribution in [1.29, 1.82) is 0 Å². The van der Waals surface area contributed by atoms with Gasteiger partial charge in [-0.2, -0.15) is 0 Å². The Morgan fingerprint density at radius 2 is 1.88 bits per heavy atom. The first-order chi connectivity index (χ1) is 12.1. The standard InChI is InChI=1S/C19H22BrNO4/c20-15-2-1-3-17(10-15)25-19-13-21(12-18(19)23)11-14-4-6-16(7-5-14)24-9-8-22/h1-7,10,18-19,22-23H,8-9,11-13H2/t18-,19-/m0/s1. The topological polar surface area (TPSA) is 62.2 Å². The molecule has 0 bridgehead atoms. The summed E-state index contributed by atoms with van der Waals surface area (Å²) in [5, 5.41) is 19.1. The molecule has 0 aromatic heterocycles. The lowest BCUT2D eigenvalue weighted by molar-refractivity contribution is 0.0736. The van der Waals surface area contributed by atoms with Crippen molar-refractivity contribution in [2.24, 2.45) is 0 Å². The van der Waals surface area contributed by atoms with Crippen molar-refractivity contribution in [3.63, 3.8) is 0 Å². The molecule has 6 heteroatoms. The largest absolute Gasteiger partial charge is 0.491 e. The zero-order valence-electron chi connectivity index (χ0n) is 13.8. The quantitative estimate of drug-likeness (QED) is 0.737. The molecule has 1 heterocycles. The van der Waals surface area contributed by atoms with Crippen molar-refractivity contribution in [1.82, 2.24) is 4.90 Å². The van der Waals surface area contributed by atoms with E-state index in [0.29, 0.717) is 19.7 Å². The molecule has 2 aromatic carbocycles. The van der Waals surface area contributed by atoms with Crippen LogP contribution in [0.25, 0.3) is 0 Å². The van der Waals surface area contributed by atoms with Crippen molar-refractivity contribution in [2.75, 3.05) is 26.3 Å². The minimum Gasteiger partial charge on any atom is -0.491 e. The average Bonchev–Trinajstić information content (AvgIpc) is 2.93. The molecule has 134 valence electrons. The Morgan fingerprint density at radius 3 is 2.60 bits per heavy atom. The number of aliphatic hydroxyl groups is 2. The number of ether oxygens (including phenoxy) is 2. The number of hydrogen-bond acceptors (Lipinski definition) is 5. The summed E-state index contributed by atoms with van der Waals surface area (Å²) < 4.78 is 12.3. The molecular weight excluding hydrogens is 386 g/mol. The third-order valence-corrected chi connectivity index (χ3v) is 4.58. The van der Waals surface area contributed by atoms with Gasteiger partial charge in [-0.1, -0.05) is 34.1 Å². The van der Waals surface area contributed by atoms with Crippen LogP contribution < -0.4 is 9.47 Å². The maximum absolute atomic E-state index is 10.3. The summed E-state index contributed by atoms with van der Waals surface area (Å²) >= 11 is 3.43. The van der Waals surface area contributed by atoms with Crippen LogP contribution in [0.1, 0.15) is 5.56 Å². The molecule has 0 radical (unpaired) electrons. The summed E-state index contributed by atoms with van der Waals surface area (Å²) in [4.78, 5) is 2.18. The van der Waals surface area contributed by atoms with E-state index in [9.17, 15) is 5.11 Å². The van der Waals surface area contributed by atoms with Gasteiger partial charge in [-0.3, -0.25) is 4.90 Å². The van der Waals surface area contributed by atoms with Crippen LogP contribution in [0.5, 0.6) is 11.5 Å². The zero-order chi connectivity index (χ0) is 17.6. The molecular formula is C19H22BrNO4. The lowest BCUT2D eigenvalue weighted by Gasteiger charge is -2.17. The Balaban J connectivity index is 1.54. The van der Waals surface area contributed by atoms with E-state index in [1.807, 2.05) is 48.5 Å². The number of benzene rings is 2. The second-order valence-corrected chi connectivity index (χ2v) is 7.01. The Kier molecular flexibility index (Phi) is 6.31. The molecule has 2 atom stereocenters. The molecule has 0 amide bonds. The van der Waals surface area contributed by atoms with Gasteiger partial charge in [0.05, 0.1) is 6.61 Å². The predicted molar refractivity (Wildman–Crippen MR) is 98.9 cm³/mol. The SMILES string of the molecule is OCCOc1ccc(CN2C[C@H](Oc3cccc(Br)c3)[C@@H](O)C2)cc1. The summed E-state index contributed by atoms with van der Waals surface area (Å²) in [5.74, 6) is 1.50. The summed E-state index contributed by atoms with van der Waals surface area (Å²) in [6, 6.07) is 15.5. The van der Waals surface area contributed by atoms with Gasteiger partial charge in [0, 0.05) is 24.1 Å². The fourth-order valence-electron chi connectivity index (χ4n) is 2.91. The van der Waals surface area contributed by atoms with E-state index >= 15 is 0 Å². The normalized spacial score (nSPS) is 20.6. The van der Waals surface area contributed by atoms with Crippen LogP contribution >= 0.6 is 15.9 Å². The van der Waals surface area contributed by atoms with Crippen molar-refractivity contribution in [3.05, 3.63) is 58.6 Å². The van der Waals surface area contributed by atoms with E-state index in [1.54, 1.807) is 0 Å². The lowest BCUT2D eigenvalue weighted by atomic mass is 10.2. The van der Waals surface area contributed by atoms with Crippen LogP contribution in [0.3, 0.4) is 0 Å². The Labute approximate surface area is 155 Å². The number of halogens is 1. The van der Waals surface area contributed by atoms with Crippen LogP contribution in [0, 0.1) is 0 Å². The van der Waals surface area contributed by atoms with Gasteiger partial charge in [-0.25, -0.2) is 0 Å². The molecule has 2 aromatic rings. The monoisotopic (exact) mass is 407 g/mol. The van der Waals surface area contributed by atoms with E-state index in [-0.39, 0.29) is 12.7 Å². The number of aliphatic hydroxyl groups excluding tert-OH is 2. The van der Waals surface area contributed by atoms with Gasteiger partial charge in [0.2, 0.25) is 0 Å². The lowest BCUT2D eigenvalue weighted by Crippen LogP contribution is -2.29. The fraction of sp³-hybridized carbons (Fsp3) is 0.368. The minimum atomic E-state index is -0.508. The van der Waals surface area contributed by atoms with Crippen LogP contribution in [-0.4, -0.2) is 53.6 Å². The maximum atomic E-state index is 10.3. The van der Waals surface area contributed by atoms with E-state index in [1.165, 1.54) is 0 Å². The van der Waals surface area contributed by atoms with Crippen molar-refractivity contribution in [2.45, 2.75) is 18.8 Å². The van der Waals surface area contributed by atoms with Crippen LogP contribution in [0.15, 0.2) is 53.0 Å². The van der Waals surface area contributed by atoms with E-state index in [2.05, 4.69) is 20.8 Å². The Hall–Kier alpha value is -1.60. The van der Waals surface area contributed by atoms with E-state index in [0.717, 1.165) is 28.1 Å². The van der Waals surface area contributed by atoms with Gasteiger partial charge in [0.1, 0.15) is 30.3 Å². The molecule has 1 saturated heterocycles. The Bertz CT molecular complexity index is 679. The molecule has 0 spiro atoms. The number of hydrogen-bond donors (Lipinski definition) is 2. The highest BCUT2D eigenvalue weighted by Gasteiger charge is 2.32. The number of β-amino-alcohol motifs (C(OH)–C–C–N with tert-alkyl or cyclic N) is 1. The van der Waals surface area contributed by atoms with Gasteiger partial charge >= 0.3 is 0 Å². The first-order valence-electron chi connectivity index (χ1n) is 8.29. The summed E-state index contributed by atoms with van der Waals surface area (Å²) in [5.41, 5.74) is 1.15. The third-order valence-electron chi connectivity index (χ3n) is 4.09. The molecule has 1 fully saturated rings. The minimum absolute atomic E-state index is 0.00674. The first kappa shape index (κ1) is 18.2. The molecule has 3 rings (SSSR count). The maximum Gasteiger partial charge on any atom is 0.138 e. The molecule has 25 heavy (non-hydrogen) atoms. The molecule has 0 unspecified atom stereocenters. The molecule has 1 aliphatic heterocycles. The molecule has 0 saturated carbocycles. The van der Waals surface area contributed by atoms with E-state index < -0.39 is 6.10 Å². The molecule has 1 aliphatic rings. The van der Waals surface area contributed by atoms with Crippen LogP contribution in [-0.2, 0) is 6.54 Å². The second kappa shape index (κ2) is 8.67. The molecule has 5 nitrogen and oxygen atoms in total. The number of nitrogens with zero attached hydrogens (tertiary/aromatic N) is 1. The van der Waals surface area contributed by atoms with Crippen LogP contribution in [0.2, 0.25) is 0 Å². The van der Waals surface area contributed by atoms with Crippen LogP contribution in [0.4, 0.5) is 0 Å². The zero-order valence-corrected chi connectivity index (χ0v) is 15.4. The van der Waals surface area contributed by atoms with Crippen molar-refractivity contribution < 1.29 is 19.7 Å². The highest BCUT2D eigenvalue weighted by Crippen LogP contribution is 2.23. The first-order valence-corrected chi connectivity index (χ1v) is 9.08. The average molecular weight is 408 g/mol. The van der Waals surface area contributed by atoms with Gasteiger partial charge in [0.15, 0.2) is 0 Å². The highest BCUT2D eigenvalue weighted by atomic mass is 79.9. The van der Waals surface area contributed by atoms with Gasteiger partial charge in [0.25, 0.3) is 0 Å². The Morgan fingerprint density at radius 1 is 1.08 bits per heavy atom. The summed E-state index contributed by atoms with van der Waals surface area (Å²) in [6.07, 6.45) is -0.743. The van der Waals surface area contributed by atoms with Gasteiger partial charge < -0.3 is 19.7 Å². The fourth-order valence-corrected chi connectivity index (χ4v) is 3.28. The van der Waals surface area contributed by atoms with Gasteiger partial charge in [-0.05, 0) is 35.9 Å². The molecule has 2 N–H and O–H groups in total. The number of rotatable bonds is 7. The number of likely N-dealkylation sites (tertiary alicyclic amines) is 1. The highest BCUT2D eigenvalue weighted by molar-refractivity contribution is 9.10. The second-order valence-electron chi connectivity index (χ2n) is 6.09. The third kappa shape index (κ3) is 5.19. The predicted octanol–water partition coefficient (Wildman–Crippen LogP) is 2.44. The van der Waals surface area contributed by atoms with Crippen molar-refractivity contribution >= 4 is 15.9 Å². The summed E-state index contributed by atoms with van der Waals surface area (Å²) in [7, 11) is 0. The molecule has 0 aliphatic carbocycles. The van der Waals surface area contributed by atoms with Crippen molar-refractivity contribution in [3.8, 4) is 11.5 Å². The van der Waals surface area contributed by atoms with Gasteiger partial charge in [-0.15, -0.1) is 0 Å².